The summed E-state index contributed by atoms with van der Waals surface area (Å²) in [5, 5.41) is 3.31. The molecular formula is C23H30N4O2. The average Bonchev–Trinajstić information content (AvgIpc) is 3.04. The van der Waals surface area contributed by atoms with Crippen LogP contribution in [0.2, 0.25) is 0 Å². The molecule has 2 fully saturated rings. The largest absolute Gasteiger partial charge is 0.481 e. The van der Waals surface area contributed by atoms with E-state index in [0.717, 1.165) is 36.9 Å². The number of anilines is 1. The summed E-state index contributed by atoms with van der Waals surface area (Å²) in [5.74, 6) is 0.567. The van der Waals surface area contributed by atoms with E-state index in [0.29, 0.717) is 12.4 Å². The number of aromatic nitrogens is 1. The molecule has 2 heterocycles. The van der Waals surface area contributed by atoms with Gasteiger partial charge in [0.05, 0.1) is 31.1 Å². The molecule has 29 heavy (non-hydrogen) atoms. The van der Waals surface area contributed by atoms with Crippen LogP contribution < -0.4 is 15.0 Å². The summed E-state index contributed by atoms with van der Waals surface area (Å²) in [4.78, 5) is 21.4. The topological polar surface area (TPSA) is 57.7 Å². The molecule has 0 unspecified atom stereocenters. The molecule has 0 bridgehead atoms. The number of pyridine rings is 1. The molecule has 1 saturated heterocycles. The lowest BCUT2D eigenvalue weighted by molar-refractivity contribution is 0.0658. The van der Waals surface area contributed by atoms with Gasteiger partial charge in [0, 0.05) is 11.6 Å². The number of amides is 2. The lowest BCUT2D eigenvalue weighted by Crippen LogP contribution is -2.54. The Morgan fingerprint density at radius 3 is 2.41 bits per heavy atom. The maximum absolute atomic E-state index is 12.9. The van der Waals surface area contributed by atoms with E-state index in [1.165, 1.54) is 5.56 Å². The average molecular weight is 395 g/mol. The van der Waals surface area contributed by atoms with E-state index in [1.807, 2.05) is 17.9 Å². The van der Waals surface area contributed by atoms with Gasteiger partial charge >= 0.3 is 6.03 Å². The molecule has 4 rings (SSSR count). The Bertz CT molecular complexity index is 889. The monoisotopic (exact) mass is 394 g/mol. The first-order valence-corrected chi connectivity index (χ1v) is 10.2. The third kappa shape index (κ3) is 3.35. The predicted molar refractivity (Wildman–Crippen MR) is 114 cm³/mol. The molecule has 1 saturated carbocycles. The van der Waals surface area contributed by atoms with Crippen LogP contribution in [-0.4, -0.2) is 49.2 Å². The number of carbonyl (C=O) groups excluding carboxylic acids is 1. The fraction of sp³-hybridized carbons (Fsp3) is 0.478. The number of rotatable bonds is 4. The van der Waals surface area contributed by atoms with E-state index in [2.05, 4.69) is 59.6 Å². The van der Waals surface area contributed by atoms with Gasteiger partial charge in [0.1, 0.15) is 0 Å². The van der Waals surface area contributed by atoms with Crippen molar-refractivity contribution >= 4 is 11.7 Å². The second-order valence-corrected chi connectivity index (χ2v) is 8.60. The summed E-state index contributed by atoms with van der Waals surface area (Å²) in [5.41, 5.74) is 3.04. The zero-order chi connectivity index (χ0) is 20.6. The Hall–Kier alpha value is -2.60. The van der Waals surface area contributed by atoms with Crippen LogP contribution in [0, 0.1) is 6.92 Å². The van der Waals surface area contributed by atoms with Crippen LogP contribution in [0.5, 0.6) is 5.88 Å². The lowest BCUT2D eigenvalue weighted by Gasteiger charge is -2.48. The van der Waals surface area contributed by atoms with Crippen molar-refractivity contribution in [3.05, 3.63) is 53.7 Å². The van der Waals surface area contributed by atoms with E-state index in [4.69, 9.17) is 4.74 Å². The third-order valence-electron chi connectivity index (χ3n) is 6.84. The molecule has 2 aromatic rings. The second-order valence-electron chi connectivity index (χ2n) is 8.60. The summed E-state index contributed by atoms with van der Waals surface area (Å²) in [6.07, 6.45) is 5.66. The Morgan fingerprint density at radius 2 is 1.83 bits per heavy atom. The minimum Gasteiger partial charge on any atom is -0.481 e. The highest BCUT2D eigenvalue weighted by molar-refractivity contribution is 5.96. The molecule has 6 heteroatoms. The fourth-order valence-electron chi connectivity index (χ4n) is 4.99. The van der Waals surface area contributed by atoms with Gasteiger partial charge in [0.2, 0.25) is 5.88 Å². The number of urea groups is 1. The molecule has 0 radical (unpaired) electrons. The van der Waals surface area contributed by atoms with E-state index in [-0.39, 0.29) is 17.1 Å². The Morgan fingerprint density at radius 1 is 1.14 bits per heavy atom. The highest BCUT2D eigenvalue weighted by atomic mass is 16.5. The van der Waals surface area contributed by atoms with Crippen molar-refractivity contribution in [3.63, 3.8) is 0 Å². The van der Waals surface area contributed by atoms with Crippen LogP contribution >= 0.6 is 0 Å². The standard InChI is InChI=1S/C23H30N4O2/c1-17-14-20(29-4)24-15-19(17)27-16-22(25-21(27)28)10-12-23(13-11-22,26(2)3)18-8-6-5-7-9-18/h5-9,14-15H,10-13,16H2,1-4H3,(H,25,28)/t22-,23-. The van der Waals surface area contributed by atoms with Gasteiger partial charge in [-0.05, 0) is 57.8 Å². The van der Waals surface area contributed by atoms with Crippen molar-refractivity contribution in [2.24, 2.45) is 0 Å². The van der Waals surface area contributed by atoms with Gasteiger partial charge in [-0.3, -0.25) is 9.80 Å². The minimum atomic E-state index is -0.183. The molecule has 1 N–H and O–H groups in total. The molecule has 1 aliphatic carbocycles. The van der Waals surface area contributed by atoms with Crippen molar-refractivity contribution in [2.75, 3.05) is 32.6 Å². The van der Waals surface area contributed by atoms with Crippen molar-refractivity contribution in [1.82, 2.24) is 15.2 Å². The molecule has 2 aliphatic rings. The number of hydrogen-bond donors (Lipinski definition) is 1. The number of hydrogen-bond acceptors (Lipinski definition) is 4. The number of methoxy groups -OCH3 is 1. The summed E-state index contributed by atoms with van der Waals surface area (Å²) in [6.45, 7) is 2.67. The van der Waals surface area contributed by atoms with E-state index in [9.17, 15) is 4.79 Å². The zero-order valence-electron chi connectivity index (χ0n) is 17.7. The highest BCUT2D eigenvalue weighted by Crippen LogP contribution is 2.46. The van der Waals surface area contributed by atoms with Crippen molar-refractivity contribution < 1.29 is 9.53 Å². The van der Waals surface area contributed by atoms with Crippen LogP contribution in [-0.2, 0) is 5.54 Å². The van der Waals surface area contributed by atoms with Crippen molar-refractivity contribution in [2.45, 2.75) is 43.7 Å². The summed E-state index contributed by atoms with van der Waals surface area (Å²) >= 11 is 0. The number of aryl methyl sites for hydroxylation is 1. The van der Waals surface area contributed by atoms with Gasteiger partial charge in [0.15, 0.2) is 0 Å². The molecule has 1 spiro atoms. The molecule has 154 valence electrons. The zero-order valence-corrected chi connectivity index (χ0v) is 17.7. The number of ether oxygens (including phenoxy) is 1. The molecular weight excluding hydrogens is 364 g/mol. The molecule has 1 aliphatic heterocycles. The smallest absolute Gasteiger partial charge is 0.322 e. The van der Waals surface area contributed by atoms with E-state index in [1.54, 1.807) is 13.3 Å². The van der Waals surface area contributed by atoms with Gasteiger partial charge in [-0.25, -0.2) is 9.78 Å². The predicted octanol–water partition coefficient (Wildman–Crippen LogP) is 3.70. The summed E-state index contributed by atoms with van der Waals surface area (Å²) < 4.78 is 5.20. The SMILES string of the molecule is COc1cc(C)c(N2C[C@]3(CC[C@@](c4ccccc4)(N(C)C)CC3)NC2=O)cn1. The molecule has 0 atom stereocenters. The van der Waals surface area contributed by atoms with E-state index >= 15 is 0 Å². The first kappa shape index (κ1) is 19.7. The van der Waals surface area contributed by atoms with Crippen molar-refractivity contribution in [1.29, 1.82) is 0 Å². The Kier molecular flexibility index (Phi) is 4.99. The number of nitrogens with zero attached hydrogens (tertiary/aromatic N) is 3. The highest BCUT2D eigenvalue weighted by Gasteiger charge is 2.50. The summed E-state index contributed by atoms with van der Waals surface area (Å²) in [7, 11) is 5.93. The maximum Gasteiger partial charge on any atom is 0.322 e. The normalized spacial score (nSPS) is 26.8. The van der Waals surface area contributed by atoms with E-state index < -0.39 is 0 Å². The van der Waals surface area contributed by atoms with Gasteiger partial charge in [-0.2, -0.15) is 0 Å². The number of benzene rings is 1. The molecule has 1 aromatic heterocycles. The first-order valence-electron chi connectivity index (χ1n) is 10.2. The first-order chi connectivity index (χ1) is 13.9. The van der Waals surface area contributed by atoms with Gasteiger partial charge in [-0.1, -0.05) is 30.3 Å². The molecule has 2 amide bonds. The van der Waals surface area contributed by atoms with Crippen LogP contribution in [0.1, 0.15) is 36.8 Å². The number of nitrogens with one attached hydrogen (secondary N) is 1. The van der Waals surface area contributed by atoms with Gasteiger partial charge < -0.3 is 10.1 Å². The quantitative estimate of drug-likeness (QED) is 0.859. The lowest BCUT2D eigenvalue weighted by atomic mass is 9.69. The van der Waals surface area contributed by atoms with Gasteiger partial charge in [0.25, 0.3) is 0 Å². The van der Waals surface area contributed by atoms with Crippen LogP contribution in [0.3, 0.4) is 0 Å². The molecule has 6 nitrogen and oxygen atoms in total. The third-order valence-corrected chi connectivity index (χ3v) is 6.84. The minimum absolute atomic E-state index is 0.0161. The Labute approximate surface area is 172 Å². The maximum atomic E-state index is 12.9. The Balaban J connectivity index is 1.55. The molecule has 1 aromatic carbocycles. The number of carbonyl (C=O) groups is 1. The van der Waals surface area contributed by atoms with Crippen molar-refractivity contribution in [3.8, 4) is 5.88 Å². The van der Waals surface area contributed by atoms with Crippen LogP contribution in [0.25, 0.3) is 0 Å². The van der Waals surface area contributed by atoms with Crippen LogP contribution in [0.15, 0.2) is 42.6 Å². The fourth-order valence-corrected chi connectivity index (χ4v) is 4.99. The summed E-state index contributed by atoms with van der Waals surface area (Å²) in [6, 6.07) is 12.6. The van der Waals surface area contributed by atoms with Crippen LogP contribution in [0.4, 0.5) is 10.5 Å². The second kappa shape index (κ2) is 7.34. The van der Waals surface area contributed by atoms with Gasteiger partial charge in [-0.15, -0.1) is 0 Å².